The summed E-state index contributed by atoms with van der Waals surface area (Å²) >= 11 is 1.92. The summed E-state index contributed by atoms with van der Waals surface area (Å²) in [6, 6.07) is 2.95. The maximum absolute atomic E-state index is 3.66. The summed E-state index contributed by atoms with van der Waals surface area (Å²) in [6.45, 7) is 10.9. The molecule has 0 aromatic carbocycles. The molecule has 2 nitrogen and oxygen atoms in total. The first-order valence-electron chi connectivity index (χ1n) is 6.51. The Morgan fingerprint density at radius 1 is 1.35 bits per heavy atom. The van der Waals surface area contributed by atoms with E-state index in [4.69, 9.17) is 0 Å². The second-order valence-corrected chi connectivity index (χ2v) is 5.49. The molecule has 1 heterocycles. The summed E-state index contributed by atoms with van der Waals surface area (Å²) < 4.78 is 2.38. The SMILES string of the molecule is CCC(CSC)NCc1cc(C)n(CC)c1C. The molecule has 0 saturated heterocycles. The number of nitrogens with zero attached hydrogens (tertiary/aromatic N) is 1. The monoisotopic (exact) mass is 254 g/mol. The van der Waals surface area contributed by atoms with Gasteiger partial charge >= 0.3 is 0 Å². The van der Waals surface area contributed by atoms with Crippen molar-refractivity contribution in [2.75, 3.05) is 12.0 Å². The van der Waals surface area contributed by atoms with Gasteiger partial charge in [-0.2, -0.15) is 11.8 Å². The maximum Gasteiger partial charge on any atom is 0.0226 e. The Labute approximate surface area is 110 Å². The van der Waals surface area contributed by atoms with Gasteiger partial charge in [0.25, 0.3) is 0 Å². The van der Waals surface area contributed by atoms with Crippen LogP contribution in [0.2, 0.25) is 0 Å². The van der Waals surface area contributed by atoms with E-state index in [1.807, 2.05) is 11.8 Å². The smallest absolute Gasteiger partial charge is 0.0226 e. The highest BCUT2D eigenvalue weighted by molar-refractivity contribution is 7.98. The molecule has 0 aliphatic rings. The van der Waals surface area contributed by atoms with E-state index in [1.165, 1.54) is 29.1 Å². The van der Waals surface area contributed by atoms with E-state index in [1.54, 1.807) is 0 Å². The summed E-state index contributed by atoms with van der Waals surface area (Å²) in [5, 5.41) is 3.66. The molecule has 0 bridgehead atoms. The van der Waals surface area contributed by atoms with Crippen molar-refractivity contribution in [1.82, 2.24) is 9.88 Å². The number of rotatable bonds is 7. The third-order valence-corrected chi connectivity index (χ3v) is 4.17. The second kappa shape index (κ2) is 7.12. The van der Waals surface area contributed by atoms with Crippen molar-refractivity contribution in [3.63, 3.8) is 0 Å². The quantitative estimate of drug-likeness (QED) is 0.803. The number of nitrogens with one attached hydrogen (secondary N) is 1. The lowest BCUT2D eigenvalue weighted by atomic mass is 10.2. The van der Waals surface area contributed by atoms with Gasteiger partial charge in [-0.25, -0.2) is 0 Å². The predicted octanol–water partition coefficient (Wildman–Crippen LogP) is 3.36. The van der Waals surface area contributed by atoms with Gasteiger partial charge in [0.15, 0.2) is 0 Å². The molecule has 1 N–H and O–H groups in total. The molecule has 0 amide bonds. The Hall–Kier alpha value is -0.410. The zero-order chi connectivity index (χ0) is 12.8. The van der Waals surface area contributed by atoms with Crippen LogP contribution in [-0.4, -0.2) is 22.6 Å². The normalized spacial score (nSPS) is 13.0. The van der Waals surface area contributed by atoms with Crippen LogP contribution in [0.15, 0.2) is 6.07 Å². The average molecular weight is 254 g/mol. The van der Waals surface area contributed by atoms with Crippen LogP contribution in [0, 0.1) is 13.8 Å². The molecule has 0 aliphatic heterocycles. The zero-order valence-electron chi connectivity index (χ0n) is 11.8. The molecule has 1 aromatic rings. The Bertz CT molecular complexity index is 344. The Kier molecular flexibility index (Phi) is 6.14. The average Bonchev–Trinajstić information content (AvgIpc) is 2.59. The maximum atomic E-state index is 3.66. The molecule has 0 fully saturated rings. The standard InChI is InChI=1S/C14H26N2S/c1-6-14(10-17-5)15-9-13-8-11(3)16(7-2)12(13)4/h8,14-15H,6-7,9-10H2,1-5H3. The topological polar surface area (TPSA) is 17.0 Å². The van der Waals surface area contributed by atoms with Gasteiger partial charge in [0.2, 0.25) is 0 Å². The highest BCUT2D eigenvalue weighted by Crippen LogP contribution is 2.15. The minimum atomic E-state index is 0.634. The van der Waals surface area contributed by atoms with E-state index >= 15 is 0 Å². The summed E-state index contributed by atoms with van der Waals surface area (Å²) in [4.78, 5) is 0. The number of hydrogen-bond acceptors (Lipinski definition) is 2. The van der Waals surface area contributed by atoms with Crippen LogP contribution >= 0.6 is 11.8 Å². The molecule has 1 rings (SSSR count). The zero-order valence-corrected chi connectivity index (χ0v) is 12.7. The molecule has 17 heavy (non-hydrogen) atoms. The van der Waals surface area contributed by atoms with Crippen LogP contribution in [0.5, 0.6) is 0 Å². The van der Waals surface area contributed by atoms with Gasteiger partial charge in [-0.05, 0) is 45.1 Å². The van der Waals surface area contributed by atoms with Gasteiger partial charge < -0.3 is 9.88 Å². The van der Waals surface area contributed by atoms with Crippen LogP contribution in [0.1, 0.15) is 37.2 Å². The number of hydrogen-bond donors (Lipinski definition) is 1. The van der Waals surface area contributed by atoms with Crippen molar-refractivity contribution in [2.45, 2.75) is 53.2 Å². The lowest BCUT2D eigenvalue weighted by Gasteiger charge is -2.15. The Balaban J connectivity index is 2.62. The summed E-state index contributed by atoms with van der Waals surface area (Å²) in [6.07, 6.45) is 3.38. The van der Waals surface area contributed by atoms with Crippen molar-refractivity contribution < 1.29 is 0 Å². The van der Waals surface area contributed by atoms with Gasteiger partial charge in [0.05, 0.1) is 0 Å². The molecule has 0 radical (unpaired) electrons. The number of aryl methyl sites for hydroxylation is 1. The third kappa shape index (κ3) is 3.78. The predicted molar refractivity (Wildman–Crippen MR) is 78.9 cm³/mol. The van der Waals surface area contributed by atoms with Crippen molar-refractivity contribution in [1.29, 1.82) is 0 Å². The first kappa shape index (κ1) is 14.7. The molecule has 1 aromatic heterocycles. The van der Waals surface area contributed by atoms with E-state index < -0.39 is 0 Å². The highest BCUT2D eigenvalue weighted by atomic mass is 32.2. The molecule has 0 saturated carbocycles. The molecule has 3 heteroatoms. The van der Waals surface area contributed by atoms with E-state index in [-0.39, 0.29) is 0 Å². The van der Waals surface area contributed by atoms with Crippen LogP contribution in [0.3, 0.4) is 0 Å². The van der Waals surface area contributed by atoms with Crippen LogP contribution in [-0.2, 0) is 13.1 Å². The molecular formula is C14H26N2S. The molecule has 1 atom stereocenters. The Morgan fingerprint density at radius 3 is 2.53 bits per heavy atom. The number of aromatic nitrogens is 1. The third-order valence-electron chi connectivity index (χ3n) is 3.44. The summed E-state index contributed by atoms with van der Waals surface area (Å²) in [5.41, 5.74) is 4.24. The largest absolute Gasteiger partial charge is 0.349 e. The second-order valence-electron chi connectivity index (χ2n) is 4.58. The van der Waals surface area contributed by atoms with Crippen molar-refractivity contribution in [3.05, 3.63) is 23.0 Å². The highest BCUT2D eigenvalue weighted by Gasteiger charge is 2.09. The minimum absolute atomic E-state index is 0.634. The summed E-state index contributed by atoms with van der Waals surface area (Å²) in [5.74, 6) is 1.20. The Morgan fingerprint density at radius 2 is 2.06 bits per heavy atom. The fraction of sp³-hybridized carbons (Fsp3) is 0.714. The van der Waals surface area contributed by atoms with Crippen molar-refractivity contribution in [3.8, 4) is 0 Å². The minimum Gasteiger partial charge on any atom is -0.349 e. The fourth-order valence-electron chi connectivity index (χ4n) is 2.31. The van der Waals surface area contributed by atoms with Gasteiger partial charge in [-0.1, -0.05) is 6.92 Å². The summed E-state index contributed by atoms with van der Waals surface area (Å²) in [7, 11) is 0. The molecular weight excluding hydrogens is 228 g/mol. The lowest BCUT2D eigenvalue weighted by molar-refractivity contribution is 0.539. The number of thioether (sulfide) groups is 1. The molecule has 0 aliphatic carbocycles. The van der Waals surface area contributed by atoms with Gasteiger partial charge in [-0.15, -0.1) is 0 Å². The van der Waals surface area contributed by atoms with Gasteiger partial charge in [-0.3, -0.25) is 0 Å². The molecule has 1 unspecified atom stereocenters. The van der Waals surface area contributed by atoms with E-state index in [0.29, 0.717) is 6.04 Å². The van der Waals surface area contributed by atoms with Gasteiger partial charge in [0.1, 0.15) is 0 Å². The van der Waals surface area contributed by atoms with E-state index in [0.717, 1.165) is 13.1 Å². The van der Waals surface area contributed by atoms with E-state index in [9.17, 15) is 0 Å². The van der Waals surface area contributed by atoms with E-state index in [2.05, 4.69) is 49.9 Å². The van der Waals surface area contributed by atoms with Crippen LogP contribution in [0.4, 0.5) is 0 Å². The van der Waals surface area contributed by atoms with Crippen LogP contribution in [0.25, 0.3) is 0 Å². The van der Waals surface area contributed by atoms with Crippen molar-refractivity contribution in [2.24, 2.45) is 0 Å². The fourth-order valence-corrected chi connectivity index (χ4v) is 3.07. The molecule has 98 valence electrons. The van der Waals surface area contributed by atoms with Crippen molar-refractivity contribution >= 4 is 11.8 Å². The van der Waals surface area contributed by atoms with Gasteiger partial charge in [0, 0.05) is 36.3 Å². The van der Waals surface area contributed by atoms with Crippen LogP contribution < -0.4 is 5.32 Å². The first-order valence-corrected chi connectivity index (χ1v) is 7.91. The molecule has 0 spiro atoms. The first-order chi connectivity index (χ1) is 8.13. The lowest BCUT2D eigenvalue weighted by Crippen LogP contribution is -2.30.